The van der Waals surface area contributed by atoms with Gasteiger partial charge in [0, 0.05) is 19.6 Å². The Hall–Kier alpha value is -0.0800. The molecule has 0 spiro atoms. The molecule has 0 radical (unpaired) electrons. The number of hydrogen-bond donors (Lipinski definition) is 1. The lowest BCUT2D eigenvalue weighted by Gasteiger charge is -2.20. The first-order chi connectivity index (χ1) is 6.19. The number of aliphatic hydroxyl groups is 1. The van der Waals surface area contributed by atoms with Crippen molar-refractivity contribution in [1.82, 2.24) is 0 Å². The van der Waals surface area contributed by atoms with E-state index in [4.69, 9.17) is 4.74 Å². The van der Waals surface area contributed by atoms with Gasteiger partial charge in [0.25, 0.3) is 0 Å². The van der Waals surface area contributed by atoms with Crippen LogP contribution in [0.1, 0.15) is 26.7 Å². The summed E-state index contributed by atoms with van der Waals surface area (Å²) in [6.45, 7) is 5.61. The van der Waals surface area contributed by atoms with Gasteiger partial charge >= 0.3 is 0 Å². The Kier molecular flexibility index (Phi) is 4.20. The summed E-state index contributed by atoms with van der Waals surface area (Å²) in [5.74, 6) is 2.67. The van der Waals surface area contributed by atoms with Crippen LogP contribution in [0.15, 0.2) is 0 Å². The van der Waals surface area contributed by atoms with Crippen molar-refractivity contribution in [1.29, 1.82) is 0 Å². The SMILES string of the molecule is COCC(CO)C1C[C@@H](C)[C@H](C)C1. The quantitative estimate of drug-likeness (QED) is 0.727. The molecule has 1 rings (SSSR count). The minimum absolute atomic E-state index is 0.276. The normalized spacial score (nSPS) is 32.3. The Morgan fingerprint density at radius 3 is 2.23 bits per heavy atom. The molecule has 0 aromatic rings. The van der Waals surface area contributed by atoms with Gasteiger partial charge in [-0.2, -0.15) is 0 Å². The minimum Gasteiger partial charge on any atom is -0.396 e. The molecule has 0 saturated heterocycles. The maximum Gasteiger partial charge on any atom is 0.0515 e. The average molecular weight is 186 g/mol. The highest BCUT2D eigenvalue weighted by atomic mass is 16.5. The molecule has 0 amide bonds. The minimum atomic E-state index is 0.276. The van der Waals surface area contributed by atoms with Crippen LogP contribution in [-0.2, 0) is 4.74 Å². The predicted molar refractivity (Wildman–Crippen MR) is 53.5 cm³/mol. The predicted octanol–water partition coefficient (Wildman–Crippen LogP) is 1.92. The van der Waals surface area contributed by atoms with Gasteiger partial charge in [-0.15, -0.1) is 0 Å². The second kappa shape index (κ2) is 4.97. The van der Waals surface area contributed by atoms with E-state index in [1.165, 1.54) is 12.8 Å². The highest BCUT2D eigenvalue weighted by Gasteiger charge is 2.32. The van der Waals surface area contributed by atoms with Crippen LogP contribution < -0.4 is 0 Å². The van der Waals surface area contributed by atoms with Gasteiger partial charge in [-0.1, -0.05) is 13.8 Å². The fourth-order valence-corrected chi connectivity index (χ4v) is 2.45. The van der Waals surface area contributed by atoms with Crippen LogP contribution in [0.3, 0.4) is 0 Å². The third-order valence-electron chi connectivity index (χ3n) is 3.60. The van der Waals surface area contributed by atoms with Gasteiger partial charge in [-0.3, -0.25) is 0 Å². The summed E-state index contributed by atoms with van der Waals surface area (Å²) in [4.78, 5) is 0. The number of rotatable bonds is 4. The molecule has 0 bridgehead atoms. The van der Waals surface area contributed by atoms with Gasteiger partial charge in [0.2, 0.25) is 0 Å². The van der Waals surface area contributed by atoms with Crippen molar-refractivity contribution < 1.29 is 9.84 Å². The van der Waals surface area contributed by atoms with Gasteiger partial charge in [0.15, 0.2) is 0 Å². The average Bonchev–Trinajstić information content (AvgIpc) is 2.43. The first-order valence-corrected chi connectivity index (χ1v) is 5.28. The summed E-state index contributed by atoms with van der Waals surface area (Å²) in [5.41, 5.74) is 0. The Labute approximate surface area is 81.3 Å². The molecule has 0 heterocycles. The molecule has 0 aromatic carbocycles. The maximum absolute atomic E-state index is 9.21. The lowest BCUT2D eigenvalue weighted by molar-refractivity contribution is 0.0753. The molecule has 78 valence electrons. The van der Waals surface area contributed by atoms with Crippen LogP contribution in [0.25, 0.3) is 0 Å². The first-order valence-electron chi connectivity index (χ1n) is 5.28. The second-order valence-corrected chi connectivity index (χ2v) is 4.58. The third-order valence-corrected chi connectivity index (χ3v) is 3.60. The van der Waals surface area contributed by atoms with Gasteiger partial charge < -0.3 is 9.84 Å². The van der Waals surface area contributed by atoms with Gasteiger partial charge in [0.1, 0.15) is 0 Å². The molecule has 1 unspecified atom stereocenters. The highest BCUT2D eigenvalue weighted by molar-refractivity contribution is 4.82. The molecule has 3 atom stereocenters. The number of hydrogen-bond acceptors (Lipinski definition) is 2. The number of methoxy groups -OCH3 is 1. The Bertz CT molecular complexity index is 137. The smallest absolute Gasteiger partial charge is 0.0515 e. The molecule has 1 fully saturated rings. The Balaban J connectivity index is 2.42. The third kappa shape index (κ3) is 2.68. The summed E-state index contributed by atoms with van der Waals surface area (Å²) < 4.78 is 5.12. The number of ether oxygens (including phenoxy) is 1. The molecule has 2 heteroatoms. The van der Waals surface area contributed by atoms with Crippen molar-refractivity contribution in [3.05, 3.63) is 0 Å². The first kappa shape index (κ1) is 11.0. The van der Waals surface area contributed by atoms with Crippen LogP contribution in [0.2, 0.25) is 0 Å². The molecule has 1 aliphatic rings. The summed E-state index contributed by atoms with van der Waals surface area (Å²) in [5, 5.41) is 9.21. The topological polar surface area (TPSA) is 29.5 Å². The van der Waals surface area contributed by atoms with Crippen LogP contribution in [0.5, 0.6) is 0 Å². The zero-order valence-corrected chi connectivity index (χ0v) is 8.99. The van der Waals surface area contributed by atoms with E-state index < -0.39 is 0 Å². The Morgan fingerprint density at radius 2 is 1.85 bits per heavy atom. The van der Waals surface area contributed by atoms with Crippen LogP contribution in [-0.4, -0.2) is 25.4 Å². The van der Waals surface area contributed by atoms with E-state index in [1.807, 2.05) is 0 Å². The molecule has 1 N–H and O–H groups in total. The molecule has 2 nitrogen and oxygen atoms in total. The summed E-state index contributed by atoms with van der Waals surface area (Å²) in [6.07, 6.45) is 2.52. The molecular weight excluding hydrogens is 164 g/mol. The zero-order chi connectivity index (χ0) is 9.84. The van der Waals surface area contributed by atoms with Crippen molar-refractivity contribution in [2.75, 3.05) is 20.3 Å². The van der Waals surface area contributed by atoms with E-state index in [0.717, 1.165) is 11.8 Å². The molecule has 0 aliphatic heterocycles. The largest absolute Gasteiger partial charge is 0.396 e. The lowest BCUT2D eigenvalue weighted by Crippen LogP contribution is -2.21. The van der Waals surface area contributed by atoms with E-state index in [9.17, 15) is 5.11 Å². The van der Waals surface area contributed by atoms with Gasteiger partial charge in [0.05, 0.1) is 6.61 Å². The Morgan fingerprint density at radius 1 is 1.31 bits per heavy atom. The highest BCUT2D eigenvalue weighted by Crippen LogP contribution is 2.39. The van der Waals surface area contributed by atoms with E-state index >= 15 is 0 Å². The monoisotopic (exact) mass is 186 g/mol. The van der Waals surface area contributed by atoms with Crippen molar-refractivity contribution in [2.24, 2.45) is 23.7 Å². The van der Waals surface area contributed by atoms with Crippen molar-refractivity contribution in [3.63, 3.8) is 0 Å². The number of aliphatic hydroxyl groups excluding tert-OH is 1. The van der Waals surface area contributed by atoms with E-state index in [2.05, 4.69) is 13.8 Å². The van der Waals surface area contributed by atoms with Gasteiger partial charge in [-0.05, 0) is 30.6 Å². The molecular formula is C11H22O2. The van der Waals surface area contributed by atoms with Crippen molar-refractivity contribution in [2.45, 2.75) is 26.7 Å². The molecule has 0 aromatic heterocycles. The second-order valence-electron chi connectivity index (χ2n) is 4.58. The summed E-state index contributed by atoms with van der Waals surface area (Å²) in [7, 11) is 1.71. The summed E-state index contributed by atoms with van der Waals surface area (Å²) in [6, 6.07) is 0. The summed E-state index contributed by atoms with van der Waals surface area (Å²) >= 11 is 0. The van der Waals surface area contributed by atoms with Crippen molar-refractivity contribution in [3.8, 4) is 0 Å². The van der Waals surface area contributed by atoms with E-state index in [-0.39, 0.29) is 6.61 Å². The van der Waals surface area contributed by atoms with E-state index in [1.54, 1.807) is 7.11 Å². The van der Waals surface area contributed by atoms with Crippen LogP contribution in [0, 0.1) is 23.7 Å². The molecule has 13 heavy (non-hydrogen) atoms. The molecule has 1 saturated carbocycles. The fraction of sp³-hybridized carbons (Fsp3) is 1.00. The van der Waals surface area contributed by atoms with E-state index in [0.29, 0.717) is 18.4 Å². The van der Waals surface area contributed by atoms with Crippen molar-refractivity contribution >= 4 is 0 Å². The van der Waals surface area contributed by atoms with Crippen LogP contribution >= 0.6 is 0 Å². The lowest BCUT2D eigenvalue weighted by atomic mass is 9.91. The molecule has 1 aliphatic carbocycles. The zero-order valence-electron chi connectivity index (χ0n) is 8.99. The van der Waals surface area contributed by atoms with Gasteiger partial charge in [-0.25, -0.2) is 0 Å². The standard InChI is InChI=1S/C11H22O2/c1-8-4-10(5-9(8)2)11(6-12)7-13-3/h8-12H,4-7H2,1-3H3/t8-,9-,11?/m1/s1. The maximum atomic E-state index is 9.21. The van der Waals surface area contributed by atoms with Crippen LogP contribution in [0.4, 0.5) is 0 Å². The fourth-order valence-electron chi connectivity index (χ4n) is 2.45.